The second-order valence-electron chi connectivity index (χ2n) is 5.98. The third-order valence-corrected chi connectivity index (χ3v) is 5.10. The van der Waals surface area contributed by atoms with Crippen LogP contribution in [0.5, 0.6) is 5.75 Å². The minimum Gasteiger partial charge on any atom is -0.486 e. The van der Waals surface area contributed by atoms with Crippen LogP contribution in [0.15, 0.2) is 60.0 Å². The number of amides is 1. The van der Waals surface area contributed by atoms with Crippen molar-refractivity contribution in [2.24, 2.45) is 7.05 Å². The quantitative estimate of drug-likeness (QED) is 0.549. The normalized spacial score (nSPS) is 10.9. The fourth-order valence-corrected chi connectivity index (χ4v) is 3.51. The van der Waals surface area contributed by atoms with Crippen LogP contribution in [0, 0.1) is 5.82 Å². The first kappa shape index (κ1) is 17.2. The summed E-state index contributed by atoms with van der Waals surface area (Å²) >= 11 is 1.31. The number of hydrogen-bond donors (Lipinski definition) is 1. The van der Waals surface area contributed by atoms with Crippen LogP contribution in [0.25, 0.3) is 11.0 Å². The minimum atomic E-state index is -0.410. The first-order valence-electron chi connectivity index (χ1n) is 8.29. The number of thiophene rings is 1. The zero-order valence-corrected chi connectivity index (χ0v) is 15.3. The van der Waals surface area contributed by atoms with Crippen LogP contribution in [0.4, 0.5) is 10.3 Å². The fourth-order valence-electron chi connectivity index (χ4n) is 2.71. The molecule has 7 heteroatoms. The van der Waals surface area contributed by atoms with Crippen molar-refractivity contribution >= 4 is 34.2 Å². The first-order chi connectivity index (χ1) is 13.1. The van der Waals surface area contributed by atoms with Crippen LogP contribution in [0.3, 0.4) is 0 Å². The van der Waals surface area contributed by atoms with Crippen molar-refractivity contribution in [1.29, 1.82) is 0 Å². The van der Waals surface area contributed by atoms with Gasteiger partial charge in [0.2, 0.25) is 5.95 Å². The fraction of sp³-hybridized carbons (Fsp3) is 0.100. The van der Waals surface area contributed by atoms with Crippen LogP contribution in [-0.2, 0) is 13.7 Å². The second kappa shape index (κ2) is 7.20. The highest BCUT2D eigenvalue weighted by Gasteiger charge is 2.14. The largest absolute Gasteiger partial charge is 0.486 e. The Morgan fingerprint density at radius 2 is 2.00 bits per heavy atom. The van der Waals surface area contributed by atoms with Gasteiger partial charge in [-0.1, -0.05) is 24.3 Å². The molecular formula is C20H16FN3O2S. The number of para-hydroxylation sites is 3. The molecule has 0 atom stereocenters. The lowest BCUT2D eigenvalue weighted by molar-refractivity contribution is 0.102. The van der Waals surface area contributed by atoms with Gasteiger partial charge in [-0.25, -0.2) is 9.37 Å². The molecule has 1 N–H and O–H groups in total. The molecule has 0 aliphatic rings. The maximum atomic E-state index is 13.6. The summed E-state index contributed by atoms with van der Waals surface area (Å²) in [6.45, 7) is 0.191. The van der Waals surface area contributed by atoms with Crippen molar-refractivity contribution in [3.05, 3.63) is 76.2 Å². The molecule has 2 heterocycles. The molecule has 0 radical (unpaired) electrons. The van der Waals surface area contributed by atoms with E-state index < -0.39 is 5.82 Å². The number of aromatic nitrogens is 2. The Morgan fingerprint density at radius 3 is 2.81 bits per heavy atom. The summed E-state index contributed by atoms with van der Waals surface area (Å²) in [6, 6.07) is 15.6. The van der Waals surface area contributed by atoms with Crippen molar-refractivity contribution in [1.82, 2.24) is 9.55 Å². The number of fused-ring (bicyclic) bond motifs is 1. The van der Waals surface area contributed by atoms with E-state index in [1.54, 1.807) is 24.3 Å². The SMILES string of the molecule is Cn1c(NC(=O)c2cc(COc3ccccc3F)cs2)nc2ccccc21. The first-order valence-corrected chi connectivity index (χ1v) is 9.17. The van der Waals surface area contributed by atoms with E-state index in [0.717, 1.165) is 16.6 Å². The van der Waals surface area contributed by atoms with E-state index in [2.05, 4.69) is 10.3 Å². The van der Waals surface area contributed by atoms with E-state index in [9.17, 15) is 9.18 Å². The van der Waals surface area contributed by atoms with Crippen molar-refractivity contribution in [3.8, 4) is 5.75 Å². The number of halogens is 1. The molecule has 0 aliphatic carbocycles. The van der Waals surface area contributed by atoms with Gasteiger partial charge in [0.1, 0.15) is 6.61 Å². The van der Waals surface area contributed by atoms with E-state index in [4.69, 9.17) is 4.74 Å². The highest BCUT2D eigenvalue weighted by molar-refractivity contribution is 7.12. The van der Waals surface area contributed by atoms with Gasteiger partial charge in [-0.15, -0.1) is 11.3 Å². The number of imidazole rings is 1. The Bertz CT molecular complexity index is 1120. The van der Waals surface area contributed by atoms with Gasteiger partial charge >= 0.3 is 0 Å². The third kappa shape index (κ3) is 3.54. The number of anilines is 1. The summed E-state index contributed by atoms with van der Waals surface area (Å²) in [5.74, 6) is 0.0243. The molecule has 1 amide bonds. The molecule has 0 saturated carbocycles. The number of carbonyl (C=O) groups excluding carboxylic acids is 1. The molecule has 136 valence electrons. The second-order valence-corrected chi connectivity index (χ2v) is 6.89. The van der Waals surface area contributed by atoms with Gasteiger partial charge in [0.15, 0.2) is 11.6 Å². The summed E-state index contributed by atoms with van der Waals surface area (Å²) in [4.78, 5) is 17.5. The van der Waals surface area contributed by atoms with Gasteiger partial charge in [0, 0.05) is 12.6 Å². The van der Waals surface area contributed by atoms with Gasteiger partial charge in [0.05, 0.1) is 15.9 Å². The summed E-state index contributed by atoms with van der Waals surface area (Å²) < 4.78 is 20.9. The maximum Gasteiger partial charge on any atom is 0.268 e. The molecule has 0 bridgehead atoms. The van der Waals surface area contributed by atoms with Crippen molar-refractivity contribution in [2.75, 3.05) is 5.32 Å². The average molecular weight is 381 g/mol. The van der Waals surface area contributed by atoms with Gasteiger partial charge in [-0.3, -0.25) is 10.1 Å². The minimum absolute atomic E-state index is 0.189. The topological polar surface area (TPSA) is 56.2 Å². The summed E-state index contributed by atoms with van der Waals surface area (Å²) in [5.41, 5.74) is 2.57. The standard InChI is InChI=1S/C20H16FN3O2S/c1-24-16-8-4-3-7-15(16)22-20(24)23-19(25)18-10-13(12-27-18)11-26-17-9-5-2-6-14(17)21/h2-10,12H,11H2,1H3,(H,22,23,25). The number of benzene rings is 2. The maximum absolute atomic E-state index is 13.6. The Kier molecular flexibility index (Phi) is 4.60. The van der Waals surface area contributed by atoms with Crippen molar-refractivity contribution in [3.63, 3.8) is 0 Å². The molecule has 0 spiro atoms. The van der Waals surface area contributed by atoms with Gasteiger partial charge in [-0.05, 0) is 35.7 Å². The molecular weight excluding hydrogens is 365 g/mol. The van der Waals surface area contributed by atoms with Crippen LogP contribution in [0.2, 0.25) is 0 Å². The van der Waals surface area contributed by atoms with E-state index in [-0.39, 0.29) is 18.3 Å². The molecule has 0 aliphatic heterocycles. The Balaban J connectivity index is 1.45. The summed E-state index contributed by atoms with van der Waals surface area (Å²) in [6.07, 6.45) is 0. The number of nitrogens with zero attached hydrogens (tertiary/aromatic N) is 2. The molecule has 4 rings (SSSR count). The number of nitrogens with one attached hydrogen (secondary N) is 1. The zero-order chi connectivity index (χ0) is 18.8. The number of hydrogen-bond acceptors (Lipinski definition) is 4. The predicted molar refractivity (Wildman–Crippen MR) is 104 cm³/mol. The molecule has 5 nitrogen and oxygen atoms in total. The molecule has 2 aromatic carbocycles. The molecule has 0 saturated heterocycles. The molecule has 4 aromatic rings. The Morgan fingerprint density at radius 1 is 1.22 bits per heavy atom. The smallest absolute Gasteiger partial charge is 0.268 e. The monoisotopic (exact) mass is 381 g/mol. The van der Waals surface area contributed by atoms with Gasteiger partial charge in [-0.2, -0.15) is 0 Å². The molecule has 27 heavy (non-hydrogen) atoms. The average Bonchev–Trinajstić information content (AvgIpc) is 3.27. The van der Waals surface area contributed by atoms with Gasteiger partial charge in [0.25, 0.3) is 5.91 Å². The summed E-state index contributed by atoms with van der Waals surface area (Å²) in [5, 5.41) is 4.66. The van der Waals surface area contributed by atoms with Gasteiger partial charge < -0.3 is 9.30 Å². The number of rotatable bonds is 5. The van der Waals surface area contributed by atoms with Crippen LogP contribution >= 0.6 is 11.3 Å². The lowest BCUT2D eigenvalue weighted by Crippen LogP contribution is -2.13. The highest BCUT2D eigenvalue weighted by Crippen LogP contribution is 2.22. The highest BCUT2D eigenvalue weighted by atomic mass is 32.1. The van der Waals surface area contributed by atoms with Crippen molar-refractivity contribution in [2.45, 2.75) is 6.61 Å². The van der Waals surface area contributed by atoms with Crippen LogP contribution < -0.4 is 10.1 Å². The number of carbonyl (C=O) groups is 1. The van der Waals surface area contributed by atoms with Crippen LogP contribution in [0.1, 0.15) is 15.2 Å². The number of ether oxygens (including phenoxy) is 1. The lowest BCUT2D eigenvalue weighted by Gasteiger charge is -2.05. The predicted octanol–water partition coefficient (Wildman–Crippen LogP) is 4.61. The van der Waals surface area contributed by atoms with E-state index in [1.165, 1.54) is 17.4 Å². The van der Waals surface area contributed by atoms with E-state index in [1.807, 2.05) is 41.3 Å². The van der Waals surface area contributed by atoms with Crippen LogP contribution in [-0.4, -0.2) is 15.5 Å². The summed E-state index contributed by atoms with van der Waals surface area (Å²) in [7, 11) is 1.85. The van der Waals surface area contributed by atoms with E-state index in [0.29, 0.717) is 10.8 Å². The zero-order valence-electron chi connectivity index (χ0n) is 14.5. The molecule has 2 aromatic heterocycles. The number of aryl methyl sites for hydroxylation is 1. The Hall–Kier alpha value is -3.19. The van der Waals surface area contributed by atoms with Crippen molar-refractivity contribution < 1.29 is 13.9 Å². The molecule has 0 unspecified atom stereocenters. The molecule has 0 fully saturated rings. The third-order valence-electron chi connectivity index (χ3n) is 4.12. The lowest BCUT2D eigenvalue weighted by atomic mass is 10.3. The van der Waals surface area contributed by atoms with E-state index >= 15 is 0 Å². The Labute approximate surface area is 159 Å².